The average Bonchev–Trinajstić information content (AvgIpc) is 3.63. The maximum atomic E-state index is 13.9. The van der Waals surface area contributed by atoms with E-state index in [1.54, 1.807) is 18.0 Å². The summed E-state index contributed by atoms with van der Waals surface area (Å²) in [6.45, 7) is 3.63. The number of pyridine rings is 1. The molecule has 0 bridgehead atoms. The molecule has 5 rings (SSSR count). The molecule has 3 aliphatic rings. The first kappa shape index (κ1) is 22.1. The number of piperidine rings is 1. The Bertz CT molecular complexity index is 1120. The SMILES string of the molecule is CC(=O)N1CCC(CN2C(=O)[C@](c3cccc(-c4cncc(Br)c4)c3)(C3CC3)N=C2N)CC1. The molecule has 8 heteroatoms. The van der Waals surface area contributed by atoms with E-state index in [1.165, 1.54) is 0 Å². The van der Waals surface area contributed by atoms with Crippen LogP contribution >= 0.6 is 15.9 Å². The summed E-state index contributed by atoms with van der Waals surface area (Å²) in [4.78, 5) is 38.3. The number of benzene rings is 1. The number of aromatic nitrogens is 1. The summed E-state index contributed by atoms with van der Waals surface area (Å²) in [6.07, 6.45) is 7.26. The number of aliphatic imine (C=N–C) groups is 1. The van der Waals surface area contributed by atoms with Crippen LogP contribution in [0.15, 0.2) is 52.2 Å². The molecular formula is C25H28BrN5O2. The predicted molar refractivity (Wildman–Crippen MR) is 130 cm³/mol. The van der Waals surface area contributed by atoms with E-state index in [0.29, 0.717) is 18.4 Å². The van der Waals surface area contributed by atoms with Crippen LogP contribution in [0.25, 0.3) is 11.1 Å². The molecule has 1 saturated heterocycles. The second-order valence-electron chi connectivity index (χ2n) is 9.35. The highest BCUT2D eigenvalue weighted by molar-refractivity contribution is 9.10. The Labute approximate surface area is 202 Å². The second-order valence-corrected chi connectivity index (χ2v) is 10.3. The van der Waals surface area contributed by atoms with Crippen molar-refractivity contribution >= 4 is 33.7 Å². The van der Waals surface area contributed by atoms with Gasteiger partial charge in [0.1, 0.15) is 0 Å². The van der Waals surface area contributed by atoms with E-state index in [2.05, 4.69) is 27.0 Å². The molecule has 3 heterocycles. The lowest BCUT2D eigenvalue weighted by Crippen LogP contribution is -2.48. The van der Waals surface area contributed by atoms with Gasteiger partial charge < -0.3 is 10.6 Å². The van der Waals surface area contributed by atoms with Gasteiger partial charge in [-0.25, -0.2) is 4.99 Å². The van der Waals surface area contributed by atoms with Crippen LogP contribution in [0, 0.1) is 11.8 Å². The number of halogens is 1. The summed E-state index contributed by atoms with van der Waals surface area (Å²) in [5, 5.41) is 0. The van der Waals surface area contributed by atoms with Crippen molar-refractivity contribution in [3.8, 4) is 11.1 Å². The number of hydrogen-bond donors (Lipinski definition) is 1. The van der Waals surface area contributed by atoms with Gasteiger partial charge in [0.25, 0.3) is 5.91 Å². The molecule has 2 N–H and O–H groups in total. The molecule has 1 aromatic carbocycles. The highest BCUT2D eigenvalue weighted by atomic mass is 79.9. The summed E-state index contributed by atoms with van der Waals surface area (Å²) in [5.74, 6) is 0.896. The Morgan fingerprint density at radius 3 is 2.58 bits per heavy atom. The molecule has 172 valence electrons. The van der Waals surface area contributed by atoms with Gasteiger partial charge in [-0.1, -0.05) is 18.2 Å². The van der Waals surface area contributed by atoms with Gasteiger partial charge >= 0.3 is 0 Å². The zero-order valence-electron chi connectivity index (χ0n) is 18.7. The molecule has 0 spiro atoms. The van der Waals surface area contributed by atoms with Gasteiger partial charge in [0.2, 0.25) is 5.91 Å². The van der Waals surface area contributed by atoms with Gasteiger partial charge in [-0.2, -0.15) is 0 Å². The van der Waals surface area contributed by atoms with Crippen molar-refractivity contribution in [3.05, 3.63) is 52.8 Å². The number of amides is 2. The van der Waals surface area contributed by atoms with Gasteiger partial charge in [-0.3, -0.25) is 19.5 Å². The van der Waals surface area contributed by atoms with Crippen molar-refractivity contribution in [2.75, 3.05) is 19.6 Å². The van der Waals surface area contributed by atoms with Gasteiger partial charge in [0.05, 0.1) is 0 Å². The van der Waals surface area contributed by atoms with Crippen LogP contribution in [0.5, 0.6) is 0 Å². The van der Waals surface area contributed by atoms with Gasteiger partial charge in [0.15, 0.2) is 11.5 Å². The smallest absolute Gasteiger partial charge is 0.262 e. The van der Waals surface area contributed by atoms with E-state index in [9.17, 15) is 9.59 Å². The molecule has 1 aliphatic carbocycles. The maximum absolute atomic E-state index is 13.9. The molecule has 2 aliphatic heterocycles. The summed E-state index contributed by atoms with van der Waals surface area (Å²) < 4.78 is 0.906. The van der Waals surface area contributed by atoms with Crippen molar-refractivity contribution in [1.82, 2.24) is 14.8 Å². The van der Waals surface area contributed by atoms with E-state index in [1.807, 2.05) is 35.4 Å². The van der Waals surface area contributed by atoms with Crippen LogP contribution in [0.2, 0.25) is 0 Å². The number of hydrogen-bond acceptors (Lipinski definition) is 5. The minimum Gasteiger partial charge on any atom is -0.369 e. The molecule has 7 nitrogen and oxygen atoms in total. The topological polar surface area (TPSA) is 91.9 Å². The number of carbonyl (C=O) groups excluding carboxylic acids is 2. The molecule has 2 fully saturated rings. The third kappa shape index (κ3) is 4.05. The molecule has 1 aromatic heterocycles. The van der Waals surface area contributed by atoms with Crippen LogP contribution in [0.4, 0.5) is 0 Å². The van der Waals surface area contributed by atoms with Gasteiger partial charge in [-0.05, 0) is 76.7 Å². The first-order valence-electron chi connectivity index (χ1n) is 11.5. The van der Waals surface area contributed by atoms with E-state index in [0.717, 1.165) is 59.9 Å². The summed E-state index contributed by atoms with van der Waals surface area (Å²) in [6, 6.07) is 10.1. The zero-order chi connectivity index (χ0) is 23.2. The Balaban J connectivity index is 1.42. The van der Waals surface area contributed by atoms with Crippen LogP contribution in [-0.4, -0.2) is 52.2 Å². The van der Waals surface area contributed by atoms with E-state index >= 15 is 0 Å². The van der Waals surface area contributed by atoms with Crippen LogP contribution in [-0.2, 0) is 15.1 Å². The summed E-state index contributed by atoms with van der Waals surface area (Å²) in [5.41, 5.74) is 8.31. The van der Waals surface area contributed by atoms with Crippen molar-refractivity contribution in [1.29, 1.82) is 0 Å². The maximum Gasteiger partial charge on any atom is 0.262 e. The molecule has 0 unspecified atom stereocenters. The molecule has 2 aromatic rings. The molecular weight excluding hydrogens is 482 g/mol. The van der Waals surface area contributed by atoms with E-state index < -0.39 is 5.54 Å². The molecule has 2 amide bonds. The highest BCUT2D eigenvalue weighted by Gasteiger charge is 2.58. The number of guanidine groups is 1. The Kier molecular flexibility index (Phi) is 5.72. The number of nitrogens with two attached hydrogens (primary N) is 1. The molecule has 33 heavy (non-hydrogen) atoms. The normalized spacial score (nSPS) is 23.7. The third-order valence-corrected chi connectivity index (χ3v) is 7.58. The van der Waals surface area contributed by atoms with E-state index in [-0.39, 0.29) is 17.7 Å². The monoisotopic (exact) mass is 509 g/mol. The van der Waals surface area contributed by atoms with Gasteiger partial charge in [-0.15, -0.1) is 0 Å². The fraction of sp³-hybridized carbons (Fsp3) is 0.440. The standard InChI is InChI=1S/C25H28BrN5O2/c1-16(32)30-9-7-17(8-10-30)15-31-23(33)25(20-5-6-20,29-24(31)27)21-4-2-3-18(11-21)19-12-22(26)14-28-13-19/h2-4,11-14,17,20H,5-10,15H2,1H3,(H2,27,29)/t25-/m1/s1. The van der Waals surface area contributed by atoms with Crippen molar-refractivity contribution in [2.24, 2.45) is 22.6 Å². The predicted octanol–water partition coefficient (Wildman–Crippen LogP) is 3.53. The second kappa shape index (κ2) is 8.56. The third-order valence-electron chi connectivity index (χ3n) is 7.15. The fourth-order valence-corrected chi connectivity index (χ4v) is 5.52. The molecule has 1 atom stereocenters. The minimum atomic E-state index is -0.945. The van der Waals surface area contributed by atoms with Crippen LogP contribution < -0.4 is 5.73 Å². The number of carbonyl (C=O) groups is 2. The first-order chi connectivity index (χ1) is 15.9. The Hall–Kier alpha value is -2.74. The Morgan fingerprint density at radius 2 is 1.91 bits per heavy atom. The van der Waals surface area contributed by atoms with Crippen LogP contribution in [0.1, 0.15) is 38.2 Å². The molecule has 1 saturated carbocycles. The largest absolute Gasteiger partial charge is 0.369 e. The van der Waals surface area contributed by atoms with Crippen molar-refractivity contribution in [3.63, 3.8) is 0 Å². The van der Waals surface area contributed by atoms with Crippen molar-refractivity contribution < 1.29 is 9.59 Å². The van der Waals surface area contributed by atoms with Crippen LogP contribution in [0.3, 0.4) is 0 Å². The number of nitrogens with zero attached hydrogens (tertiary/aromatic N) is 4. The lowest BCUT2D eigenvalue weighted by molar-refractivity contribution is -0.134. The van der Waals surface area contributed by atoms with E-state index in [4.69, 9.17) is 10.7 Å². The van der Waals surface area contributed by atoms with Gasteiger partial charge in [0, 0.05) is 49.0 Å². The fourth-order valence-electron chi connectivity index (χ4n) is 5.16. The minimum absolute atomic E-state index is 0.0129. The number of rotatable bonds is 5. The summed E-state index contributed by atoms with van der Waals surface area (Å²) >= 11 is 3.49. The summed E-state index contributed by atoms with van der Waals surface area (Å²) in [7, 11) is 0. The average molecular weight is 510 g/mol. The lowest BCUT2D eigenvalue weighted by Gasteiger charge is -2.34. The number of likely N-dealkylation sites (tertiary alicyclic amines) is 1. The lowest BCUT2D eigenvalue weighted by atomic mass is 9.83. The highest BCUT2D eigenvalue weighted by Crippen LogP contribution is 2.52. The van der Waals surface area contributed by atoms with Crippen molar-refractivity contribution in [2.45, 2.75) is 38.1 Å². The quantitative estimate of drug-likeness (QED) is 0.667. The Morgan fingerprint density at radius 1 is 1.15 bits per heavy atom. The molecule has 0 radical (unpaired) electrons. The first-order valence-corrected chi connectivity index (χ1v) is 12.3. The zero-order valence-corrected chi connectivity index (χ0v) is 20.3.